The Balaban J connectivity index is 1.26. The van der Waals surface area contributed by atoms with Crippen molar-refractivity contribution in [3.05, 3.63) is 95.7 Å². The number of nitrogens with one attached hydrogen (secondary N) is 2. The van der Waals surface area contributed by atoms with E-state index in [1.54, 1.807) is 23.3 Å². The first kappa shape index (κ1) is 24.5. The number of carbonyl (C=O) groups excluding carboxylic acids is 1. The molecule has 10 nitrogen and oxygen atoms in total. The van der Waals surface area contributed by atoms with Gasteiger partial charge in [-0.15, -0.1) is 0 Å². The fourth-order valence-electron chi connectivity index (χ4n) is 5.47. The van der Waals surface area contributed by atoms with Crippen LogP contribution in [0.15, 0.2) is 73.3 Å². The van der Waals surface area contributed by atoms with Gasteiger partial charge in [-0.1, -0.05) is 24.3 Å². The minimum absolute atomic E-state index is 0.0438. The van der Waals surface area contributed by atoms with Crippen LogP contribution in [0.2, 0.25) is 0 Å². The summed E-state index contributed by atoms with van der Waals surface area (Å²) in [5.74, 6) is 1.10. The van der Waals surface area contributed by atoms with Gasteiger partial charge in [0.2, 0.25) is 5.95 Å². The third-order valence-electron chi connectivity index (χ3n) is 7.60. The number of fused-ring (bicyclic) bond motifs is 2. The van der Waals surface area contributed by atoms with Crippen molar-refractivity contribution in [3.63, 3.8) is 0 Å². The maximum Gasteiger partial charge on any atom is 0.259 e. The number of carbonyl (C=O) groups is 1. The molecule has 5 heterocycles. The second kappa shape index (κ2) is 9.30. The van der Waals surface area contributed by atoms with E-state index in [1.807, 2.05) is 80.5 Å². The summed E-state index contributed by atoms with van der Waals surface area (Å²) in [6.45, 7) is 4.42. The van der Waals surface area contributed by atoms with E-state index in [9.17, 15) is 4.79 Å². The second-order valence-electron chi connectivity index (χ2n) is 10.3. The minimum Gasteiger partial charge on any atom is -0.397 e. The zero-order valence-electron chi connectivity index (χ0n) is 22.8. The lowest BCUT2D eigenvalue weighted by Crippen LogP contribution is -2.23. The summed E-state index contributed by atoms with van der Waals surface area (Å²) < 4.78 is 1.80. The van der Waals surface area contributed by atoms with Gasteiger partial charge in [-0.2, -0.15) is 5.10 Å². The maximum absolute atomic E-state index is 13.7. The number of amides is 1. The molecule has 0 aliphatic carbocycles. The van der Waals surface area contributed by atoms with Crippen LogP contribution >= 0.6 is 0 Å². The van der Waals surface area contributed by atoms with Crippen LogP contribution in [-0.2, 0) is 13.6 Å². The number of nitrogens with zero attached hydrogens (tertiary/aromatic N) is 6. The summed E-state index contributed by atoms with van der Waals surface area (Å²) in [5.41, 5.74) is 15.4. The largest absolute Gasteiger partial charge is 0.397 e. The Morgan fingerprint density at radius 1 is 1.00 bits per heavy atom. The van der Waals surface area contributed by atoms with Crippen LogP contribution in [-0.4, -0.2) is 35.6 Å². The first-order valence-electron chi connectivity index (χ1n) is 13.2. The van der Waals surface area contributed by atoms with Gasteiger partial charge in [0.05, 0.1) is 29.1 Å². The van der Waals surface area contributed by atoms with Crippen molar-refractivity contribution < 1.29 is 4.79 Å². The van der Waals surface area contributed by atoms with Crippen molar-refractivity contribution in [2.45, 2.75) is 20.4 Å². The average molecular weight is 542 g/mol. The number of aromatic nitrogens is 6. The lowest BCUT2D eigenvalue weighted by molar-refractivity contribution is 0.0997. The van der Waals surface area contributed by atoms with Gasteiger partial charge in [0.25, 0.3) is 5.91 Å². The topological polar surface area (TPSA) is 131 Å². The molecule has 41 heavy (non-hydrogen) atoms. The number of aryl methyl sites for hydroxylation is 3. The quantitative estimate of drug-likeness (QED) is 0.262. The summed E-state index contributed by atoms with van der Waals surface area (Å²) >= 11 is 0. The van der Waals surface area contributed by atoms with E-state index in [1.165, 1.54) is 0 Å². The van der Waals surface area contributed by atoms with E-state index in [0.29, 0.717) is 29.6 Å². The van der Waals surface area contributed by atoms with E-state index < -0.39 is 0 Å². The van der Waals surface area contributed by atoms with Crippen LogP contribution in [0.25, 0.3) is 33.3 Å². The number of nitrogen functional groups attached to an aromatic ring is 1. The molecule has 0 atom stereocenters. The van der Waals surface area contributed by atoms with Gasteiger partial charge >= 0.3 is 0 Å². The van der Waals surface area contributed by atoms with Gasteiger partial charge in [0, 0.05) is 65.7 Å². The fourth-order valence-corrected chi connectivity index (χ4v) is 5.47. The minimum atomic E-state index is -0.0438. The number of para-hydroxylation sites is 1. The molecule has 2 aromatic carbocycles. The second-order valence-corrected chi connectivity index (χ2v) is 10.3. The molecule has 1 aliphatic rings. The molecule has 0 unspecified atom stereocenters. The van der Waals surface area contributed by atoms with Crippen LogP contribution in [0, 0.1) is 13.8 Å². The lowest BCUT2D eigenvalue weighted by atomic mass is 9.98. The number of nitrogens with two attached hydrogens (primary N) is 1. The molecular formula is C31H27N9O. The van der Waals surface area contributed by atoms with Gasteiger partial charge in [0.15, 0.2) is 5.82 Å². The number of rotatable bonds is 5. The lowest BCUT2D eigenvalue weighted by Gasteiger charge is -2.17. The number of anilines is 4. The monoisotopic (exact) mass is 541 g/mol. The third-order valence-corrected chi connectivity index (χ3v) is 7.60. The predicted molar refractivity (Wildman–Crippen MR) is 160 cm³/mol. The number of H-pyrrole nitrogens is 1. The van der Waals surface area contributed by atoms with Crippen LogP contribution in [0.3, 0.4) is 0 Å². The zero-order valence-corrected chi connectivity index (χ0v) is 22.8. The Kier molecular flexibility index (Phi) is 5.56. The first-order valence-corrected chi connectivity index (χ1v) is 13.2. The molecule has 7 rings (SSSR count). The highest BCUT2D eigenvalue weighted by Crippen LogP contribution is 2.40. The molecule has 0 fully saturated rings. The number of aromatic amines is 1. The number of pyridine rings is 1. The average Bonchev–Trinajstić information content (AvgIpc) is 3.64. The summed E-state index contributed by atoms with van der Waals surface area (Å²) in [7, 11) is 1.89. The molecule has 4 aromatic heterocycles. The van der Waals surface area contributed by atoms with Crippen molar-refractivity contribution in [3.8, 4) is 22.4 Å². The van der Waals surface area contributed by atoms with Gasteiger partial charge < -0.3 is 20.9 Å². The molecule has 0 bridgehead atoms. The standard InChI is InChI=1S/C31H27N9O/c1-17-12-35-31(36-27-10-18(2)39(3)38-27)37-28(17)24-15-34-29-22(24)7-5-9-26(29)40-16-25-21(6-4-8-23(25)30(40)41)19-11-20(32)14-33-13-19/h4-15,34H,16,32H2,1-3H3,(H,35,36,37,38). The molecule has 0 saturated carbocycles. The van der Waals surface area contributed by atoms with E-state index in [-0.39, 0.29) is 5.91 Å². The highest BCUT2D eigenvalue weighted by molar-refractivity contribution is 6.15. The normalized spacial score (nSPS) is 12.8. The number of hydrogen-bond acceptors (Lipinski definition) is 7. The predicted octanol–water partition coefficient (Wildman–Crippen LogP) is 5.52. The van der Waals surface area contributed by atoms with Crippen molar-refractivity contribution >= 4 is 40.0 Å². The van der Waals surface area contributed by atoms with Gasteiger partial charge in [0.1, 0.15) is 0 Å². The Morgan fingerprint density at radius 3 is 2.63 bits per heavy atom. The summed E-state index contributed by atoms with van der Waals surface area (Å²) in [6, 6.07) is 15.6. The highest BCUT2D eigenvalue weighted by Gasteiger charge is 2.32. The Hall–Kier alpha value is -5.51. The molecule has 0 radical (unpaired) electrons. The molecule has 202 valence electrons. The highest BCUT2D eigenvalue weighted by atomic mass is 16.2. The molecule has 10 heteroatoms. The van der Waals surface area contributed by atoms with E-state index in [0.717, 1.165) is 55.8 Å². The Labute approximate surface area is 235 Å². The number of hydrogen-bond donors (Lipinski definition) is 3. The molecule has 0 spiro atoms. The SMILES string of the molecule is Cc1cnc(Nc2cc(C)n(C)n2)nc1-c1c[nH]c2c(N3Cc4c(cccc4-c4cncc(N)c4)C3=O)cccc12. The van der Waals surface area contributed by atoms with Crippen molar-refractivity contribution in [1.29, 1.82) is 0 Å². The Bertz CT molecular complexity index is 1970. The van der Waals surface area contributed by atoms with Crippen LogP contribution in [0.5, 0.6) is 0 Å². The van der Waals surface area contributed by atoms with Crippen LogP contribution < -0.4 is 16.0 Å². The van der Waals surface area contributed by atoms with Gasteiger partial charge in [-0.3, -0.25) is 14.5 Å². The van der Waals surface area contributed by atoms with E-state index in [4.69, 9.17) is 10.7 Å². The van der Waals surface area contributed by atoms with Gasteiger partial charge in [-0.25, -0.2) is 9.97 Å². The molecule has 0 saturated heterocycles. The summed E-state index contributed by atoms with van der Waals surface area (Å²) in [5, 5.41) is 8.63. The zero-order chi connectivity index (χ0) is 28.2. The third kappa shape index (κ3) is 4.08. The molecule has 1 amide bonds. The smallest absolute Gasteiger partial charge is 0.259 e. The summed E-state index contributed by atoms with van der Waals surface area (Å²) in [4.78, 5) is 32.5. The van der Waals surface area contributed by atoms with Crippen LogP contribution in [0.4, 0.5) is 23.1 Å². The Morgan fingerprint density at radius 2 is 1.83 bits per heavy atom. The molecule has 4 N–H and O–H groups in total. The number of benzene rings is 2. The van der Waals surface area contributed by atoms with Crippen molar-refractivity contribution in [2.24, 2.45) is 7.05 Å². The van der Waals surface area contributed by atoms with E-state index >= 15 is 0 Å². The molecule has 6 aromatic rings. The van der Waals surface area contributed by atoms with Crippen molar-refractivity contribution in [2.75, 3.05) is 16.0 Å². The summed E-state index contributed by atoms with van der Waals surface area (Å²) in [6.07, 6.45) is 7.14. The van der Waals surface area contributed by atoms with Crippen molar-refractivity contribution in [1.82, 2.24) is 29.7 Å². The molecular weight excluding hydrogens is 514 g/mol. The van der Waals surface area contributed by atoms with Gasteiger partial charge in [-0.05, 0) is 48.7 Å². The maximum atomic E-state index is 13.7. The first-order chi connectivity index (χ1) is 19.9. The molecule has 1 aliphatic heterocycles. The van der Waals surface area contributed by atoms with Crippen LogP contribution in [0.1, 0.15) is 27.2 Å². The van der Waals surface area contributed by atoms with E-state index in [2.05, 4.69) is 25.4 Å². The fraction of sp³-hybridized carbons (Fsp3) is 0.129.